The van der Waals surface area contributed by atoms with Gasteiger partial charge in [0.1, 0.15) is 31.6 Å². The van der Waals surface area contributed by atoms with Gasteiger partial charge in [-0.2, -0.15) is 0 Å². The fourth-order valence-electron chi connectivity index (χ4n) is 6.44. The molecule has 0 aromatic carbocycles. The van der Waals surface area contributed by atoms with Crippen molar-refractivity contribution in [1.29, 1.82) is 0 Å². The predicted octanol–water partition coefficient (Wildman–Crippen LogP) is 1.26. The van der Waals surface area contributed by atoms with E-state index in [1.54, 1.807) is 0 Å². The predicted molar refractivity (Wildman–Crippen MR) is 245 cm³/mol. The topological polar surface area (TPSA) is 354 Å². The molecule has 0 heterocycles. The third-order valence-electron chi connectivity index (χ3n) is 10.2. The van der Waals surface area contributed by atoms with Gasteiger partial charge in [0.15, 0.2) is 0 Å². The second-order valence-electron chi connectivity index (χ2n) is 16.2. The Labute approximate surface area is 398 Å². The van der Waals surface area contributed by atoms with Crippen LogP contribution in [0.5, 0.6) is 0 Å². The Morgan fingerprint density at radius 1 is 0.426 bits per heavy atom. The van der Waals surface area contributed by atoms with Crippen LogP contribution < -0.4 is 32.3 Å². The average molecular weight is 975 g/mol. The van der Waals surface area contributed by atoms with Gasteiger partial charge in [-0.3, -0.25) is 33.6 Å². The van der Waals surface area contributed by atoms with E-state index in [0.29, 0.717) is 12.7 Å². The number of aliphatic carboxylic acids is 3. The van der Waals surface area contributed by atoms with E-state index < -0.39 is 72.7 Å². The fourth-order valence-corrected chi connectivity index (χ4v) is 6.44. The zero-order chi connectivity index (χ0) is 50.6. The summed E-state index contributed by atoms with van der Waals surface area (Å²) < 4.78 is 21.1. The maximum Gasteiger partial charge on any atom is 0.326 e. The molecule has 10 N–H and O–H groups in total. The zero-order valence-corrected chi connectivity index (χ0v) is 39.6. The highest BCUT2D eigenvalue weighted by molar-refractivity contribution is 5.87. The van der Waals surface area contributed by atoms with Crippen molar-refractivity contribution in [2.75, 3.05) is 65.9 Å². The van der Waals surface area contributed by atoms with E-state index in [1.807, 2.05) is 0 Å². The number of primary amides is 1. The minimum absolute atomic E-state index is 0.0241. The largest absolute Gasteiger partial charge is 0.481 e. The average Bonchev–Trinajstić information content (AvgIpc) is 3.28. The summed E-state index contributed by atoms with van der Waals surface area (Å²) in [4.78, 5) is 116. The van der Waals surface area contributed by atoms with E-state index in [-0.39, 0.29) is 110 Å². The van der Waals surface area contributed by atoms with Crippen LogP contribution in [0.1, 0.15) is 141 Å². The highest BCUT2D eigenvalue weighted by Gasteiger charge is 2.24. The molecule has 390 valence electrons. The summed E-state index contributed by atoms with van der Waals surface area (Å²) in [6.45, 7) is 0.328. The maximum atomic E-state index is 12.3. The summed E-state index contributed by atoms with van der Waals surface area (Å²) >= 11 is 0. The standard InChI is InChI=1S/C45H78N6O17/c46-37(53)20-18-35(44(61)62)50-40(56)22-19-36(45(63)64)51-42(58)33-68-30-28-66-26-24-48-41(57)32-67-29-27-65-25-23-47-38(54)21-17-34(31-52)49-39(55)15-13-11-9-7-5-3-1-2-4-6-8-10-12-14-16-43(59)60/h31,34-36H,1-30,32-33H2,(H2,46,53)(H,47,54)(H,48,57)(H,49,55)(H,50,56)(H,51,58)(H,59,60)(H,61,62)(H,63,64)/t34-,35-,36?/m0/s1. The number of carboxylic acid groups (broad SMARTS) is 3. The molecule has 0 aliphatic carbocycles. The molecule has 0 radical (unpaired) electrons. The lowest BCUT2D eigenvalue weighted by Gasteiger charge is -2.16. The molecule has 0 rings (SSSR count). The SMILES string of the molecule is NC(=O)CC[C@H](NC(=O)CCC(NC(=O)COCCOCCNC(=O)COCCOCCNC(=O)CC[C@@H](C=O)NC(=O)CCCCCCCCCCCCCCCCC(=O)O)C(=O)O)C(=O)O. The van der Waals surface area contributed by atoms with Crippen LogP contribution in [-0.2, 0) is 66.9 Å². The van der Waals surface area contributed by atoms with Crippen LogP contribution in [0.15, 0.2) is 0 Å². The van der Waals surface area contributed by atoms with Crippen molar-refractivity contribution >= 4 is 59.6 Å². The van der Waals surface area contributed by atoms with E-state index >= 15 is 0 Å². The Bertz CT molecular complexity index is 1490. The molecule has 23 nitrogen and oxygen atoms in total. The molecule has 68 heavy (non-hydrogen) atoms. The minimum Gasteiger partial charge on any atom is -0.481 e. The summed E-state index contributed by atoms with van der Waals surface area (Å²) in [5, 5.41) is 39.6. The number of hydrogen-bond donors (Lipinski definition) is 9. The Morgan fingerprint density at radius 2 is 0.824 bits per heavy atom. The summed E-state index contributed by atoms with van der Waals surface area (Å²) in [5.41, 5.74) is 5.00. The molecule has 0 fully saturated rings. The van der Waals surface area contributed by atoms with Gasteiger partial charge in [0, 0.05) is 45.2 Å². The van der Waals surface area contributed by atoms with Crippen molar-refractivity contribution in [2.45, 2.75) is 159 Å². The van der Waals surface area contributed by atoms with E-state index in [4.69, 9.17) is 34.9 Å². The number of carboxylic acids is 3. The second-order valence-corrected chi connectivity index (χ2v) is 16.2. The van der Waals surface area contributed by atoms with Gasteiger partial charge in [-0.05, 0) is 32.1 Å². The van der Waals surface area contributed by atoms with Crippen LogP contribution in [0, 0.1) is 0 Å². The van der Waals surface area contributed by atoms with Gasteiger partial charge in [-0.1, -0.05) is 77.0 Å². The molecule has 0 saturated heterocycles. The highest BCUT2D eigenvalue weighted by atomic mass is 16.5. The van der Waals surface area contributed by atoms with E-state index in [0.717, 1.165) is 44.9 Å². The minimum atomic E-state index is -1.45. The van der Waals surface area contributed by atoms with Crippen molar-refractivity contribution in [1.82, 2.24) is 26.6 Å². The molecule has 1 unspecified atom stereocenters. The summed E-state index contributed by atoms with van der Waals surface area (Å²) in [5.74, 6) is -6.71. The number of hydrogen-bond acceptors (Lipinski definition) is 14. The Hall–Kier alpha value is -5.26. The van der Waals surface area contributed by atoms with Crippen LogP contribution >= 0.6 is 0 Å². The number of ether oxygens (including phenoxy) is 4. The Balaban J connectivity index is 3.78. The molecular formula is C45H78N6O17. The van der Waals surface area contributed by atoms with Crippen LogP contribution in [0.4, 0.5) is 0 Å². The first-order chi connectivity index (χ1) is 32.6. The first-order valence-corrected chi connectivity index (χ1v) is 23.8. The third kappa shape index (κ3) is 41.0. The maximum absolute atomic E-state index is 12.3. The van der Waals surface area contributed by atoms with Crippen molar-refractivity contribution in [3.8, 4) is 0 Å². The Morgan fingerprint density at radius 3 is 1.29 bits per heavy atom. The Kier molecular flexibility index (Phi) is 39.7. The number of nitrogens with one attached hydrogen (secondary N) is 5. The van der Waals surface area contributed by atoms with Crippen LogP contribution in [0.3, 0.4) is 0 Å². The molecule has 6 amide bonds. The summed E-state index contributed by atoms with van der Waals surface area (Å²) in [7, 11) is 0. The lowest BCUT2D eigenvalue weighted by molar-refractivity contribution is -0.144. The van der Waals surface area contributed by atoms with Gasteiger partial charge >= 0.3 is 17.9 Å². The zero-order valence-electron chi connectivity index (χ0n) is 39.6. The number of aldehydes is 1. The number of amides is 6. The number of unbranched alkanes of at least 4 members (excludes halogenated alkanes) is 13. The van der Waals surface area contributed by atoms with Gasteiger partial charge in [0.25, 0.3) is 0 Å². The molecule has 0 aromatic rings. The van der Waals surface area contributed by atoms with Gasteiger partial charge in [-0.25, -0.2) is 9.59 Å². The van der Waals surface area contributed by atoms with Gasteiger partial charge in [0.2, 0.25) is 35.4 Å². The molecule has 0 aliphatic heterocycles. The first-order valence-electron chi connectivity index (χ1n) is 23.8. The summed E-state index contributed by atoms with van der Waals surface area (Å²) in [6.07, 6.45) is 15.4. The van der Waals surface area contributed by atoms with E-state index in [2.05, 4.69) is 26.6 Å². The molecule has 0 spiro atoms. The van der Waals surface area contributed by atoms with Crippen LogP contribution in [-0.4, -0.2) is 159 Å². The number of nitrogens with two attached hydrogens (primary N) is 1. The molecule has 23 heteroatoms. The molecule has 0 aromatic heterocycles. The number of carbonyl (C=O) groups is 10. The number of carbonyl (C=O) groups excluding carboxylic acids is 7. The molecule has 3 atom stereocenters. The van der Waals surface area contributed by atoms with Gasteiger partial charge in [0.05, 0.1) is 45.7 Å². The lowest BCUT2D eigenvalue weighted by Crippen LogP contribution is -2.45. The lowest BCUT2D eigenvalue weighted by atomic mass is 10.0. The highest BCUT2D eigenvalue weighted by Crippen LogP contribution is 2.14. The molecule has 0 saturated carbocycles. The van der Waals surface area contributed by atoms with E-state index in [9.17, 15) is 53.1 Å². The van der Waals surface area contributed by atoms with Crippen molar-refractivity contribution in [2.24, 2.45) is 5.73 Å². The molecule has 0 bridgehead atoms. The van der Waals surface area contributed by atoms with Crippen LogP contribution in [0.2, 0.25) is 0 Å². The third-order valence-corrected chi connectivity index (χ3v) is 10.2. The van der Waals surface area contributed by atoms with Crippen molar-refractivity contribution in [3.05, 3.63) is 0 Å². The summed E-state index contributed by atoms with van der Waals surface area (Å²) in [6, 6.07) is -3.58. The number of rotatable bonds is 48. The van der Waals surface area contributed by atoms with Crippen molar-refractivity contribution in [3.63, 3.8) is 0 Å². The smallest absolute Gasteiger partial charge is 0.326 e. The van der Waals surface area contributed by atoms with Gasteiger partial charge < -0.3 is 71.4 Å². The monoisotopic (exact) mass is 975 g/mol. The quantitative estimate of drug-likeness (QED) is 0.0306. The molecule has 0 aliphatic rings. The normalized spacial score (nSPS) is 12.2. The first kappa shape index (κ1) is 62.7. The second kappa shape index (κ2) is 43.0. The van der Waals surface area contributed by atoms with Crippen LogP contribution in [0.25, 0.3) is 0 Å². The fraction of sp³-hybridized carbons (Fsp3) is 0.778. The van der Waals surface area contributed by atoms with Crippen molar-refractivity contribution < 1.29 is 82.2 Å². The molecular weight excluding hydrogens is 897 g/mol. The van der Waals surface area contributed by atoms with Gasteiger partial charge in [-0.15, -0.1) is 0 Å². The van der Waals surface area contributed by atoms with E-state index in [1.165, 1.54) is 44.9 Å².